The van der Waals surface area contributed by atoms with Gasteiger partial charge in [0, 0.05) is 25.2 Å². The van der Waals surface area contributed by atoms with Crippen molar-refractivity contribution in [1.82, 2.24) is 15.5 Å². The molecule has 0 aromatic carbocycles. The maximum absolute atomic E-state index is 11.1. The fourth-order valence-corrected chi connectivity index (χ4v) is 3.90. The fourth-order valence-electron chi connectivity index (χ4n) is 3.90. The van der Waals surface area contributed by atoms with Crippen molar-refractivity contribution in [2.24, 2.45) is 10.7 Å². The normalized spacial score (nSPS) is 27.8. The lowest BCUT2D eigenvalue weighted by Crippen LogP contribution is -2.56. The highest BCUT2D eigenvalue weighted by Crippen LogP contribution is 2.32. The van der Waals surface area contributed by atoms with Crippen LogP contribution in [0.4, 0.5) is 0 Å². The van der Waals surface area contributed by atoms with Crippen molar-refractivity contribution < 1.29 is 9.21 Å². The molecule has 0 aliphatic carbocycles. The number of amides is 1. The molecular weight excluding hydrogens is 306 g/mol. The molecule has 2 aliphatic rings. The first-order chi connectivity index (χ1) is 11.6. The van der Waals surface area contributed by atoms with Gasteiger partial charge in [-0.25, -0.2) is 0 Å². The Balaban J connectivity index is 1.52. The molecule has 7 nitrogen and oxygen atoms in total. The maximum Gasteiger partial charge on any atom is 0.284 e. The summed E-state index contributed by atoms with van der Waals surface area (Å²) in [6.45, 7) is 0.465. The number of rotatable bonds is 4. The topological polar surface area (TPSA) is 95.9 Å². The largest absolute Gasteiger partial charge is 0.454 e. The standard InChI is InChI=1S/C17H27N5O2/c1-19-17(20-10-14-6-7-15(24-14)16(18)23)21-11-8-12-4-3-5-13(9-11)22(12)2/h6-7,11-13H,3-5,8-10H2,1-2H3,(H2,18,23)(H2,19,20,21). The van der Waals surface area contributed by atoms with Crippen LogP contribution in [0.1, 0.15) is 48.4 Å². The second kappa shape index (κ2) is 7.25. The molecule has 2 fully saturated rings. The van der Waals surface area contributed by atoms with Gasteiger partial charge in [0.1, 0.15) is 5.76 Å². The number of nitrogens with one attached hydrogen (secondary N) is 2. The molecule has 7 heteroatoms. The van der Waals surface area contributed by atoms with E-state index in [1.165, 1.54) is 19.3 Å². The molecule has 1 aromatic rings. The first-order valence-electron chi connectivity index (χ1n) is 8.64. The van der Waals surface area contributed by atoms with E-state index < -0.39 is 5.91 Å². The summed E-state index contributed by atoms with van der Waals surface area (Å²) in [7, 11) is 4.02. The maximum atomic E-state index is 11.1. The average Bonchev–Trinajstić information content (AvgIpc) is 3.01. The second-order valence-corrected chi connectivity index (χ2v) is 6.77. The SMILES string of the molecule is CN=C(NCc1ccc(C(N)=O)o1)NC1CC2CCCC(C1)N2C. The Morgan fingerprint density at radius 3 is 2.67 bits per heavy atom. The minimum atomic E-state index is -0.554. The summed E-state index contributed by atoms with van der Waals surface area (Å²) >= 11 is 0. The van der Waals surface area contributed by atoms with Gasteiger partial charge < -0.3 is 25.7 Å². The molecule has 2 unspecified atom stereocenters. The lowest BCUT2D eigenvalue weighted by atomic mass is 9.82. The molecular formula is C17H27N5O2. The third-order valence-electron chi connectivity index (χ3n) is 5.24. The predicted octanol–water partition coefficient (Wildman–Crippen LogP) is 1.06. The molecule has 24 heavy (non-hydrogen) atoms. The number of guanidine groups is 1. The van der Waals surface area contributed by atoms with Crippen LogP contribution in [0.15, 0.2) is 21.5 Å². The van der Waals surface area contributed by atoms with Gasteiger partial charge in [-0.05, 0) is 44.9 Å². The Hall–Kier alpha value is -2.02. The number of aliphatic imine (C=N–C) groups is 1. The van der Waals surface area contributed by atoms with Crippen LogP contribution >= 0.6 is 0 Å². The number of nitrogens with zero attached hydrogens (tertiary/aromatic N) is 2. The summed E-state index contributed by atoms with van der Waals surface area (Å²) in [5.74, 6) is 1.05. The van der Waals surface area contributed by atoms with Crippen LogP contribution in [-0.4, -0.2) is 49.0 Å². The lowest BCUT2D eigenvalue weighted by molar-refractivity contribution is 0.0526. The molecule has 2 saturated heterocycles. The highest BCUT2D eigenvalue weighted by Gasteiger charge is 2.36. The van der Waals surface area contributed by atoms with Crippen molar-refractivity contribution in [3.63, 3.8) is 0 Å². The number of primary amides is 1. The molecule has 0 saturated carbocycles. The van der Waals surface area contributed by atoms with E-state index in [2.05, 4.69) is 27.6 Å². The lowest BCUT2D eigenvalue weighted by Gasteiger charge is -2.47. The molecule has 2 aliphatic heterocycles. The second-order valence-electron chi connectivity index (χ2n) is 6.77. The van der Waals surface area contributed by atoms with E-state index in [4.69, 9.17) is 10.2 Å². The zero-order valence-corrected chi connectivity index (χ0v) is 14.4. The van der Waals surface area contributed by atoms with Gasteiger partial charge in [-0.3, -0.25) is 9.79 Å². The summed E-state index contributed by atoms with van der Waals surface area (Å²) in [5.41, 5.74) is 5.20. The highest BCUT2D eigenvalue weighted by molar-refractivity contribution is 5.89. The first-order valence-corrected chi connectivity index (χ1v) is 8.64. The number of hydrogen-bond donors (Lipinski definition) is 3. The van der Waals surface area contributed by atoms with Crippen LogP contribution in [0.2, 0.25) is 0 Å². The number of carbonyl (C=O) groups excluding carboxylic acids is 1. The molecule has 4 N–H and O–H groups in total. The van der Waals surface area contributed by atoms with Gasteiger partial charge in [-0.2, -0.15) is 0 Å². The molecule has 1 amide bonds. The molecule has 0 spiro atoms. The Labute approximate surface area is 142 Å². The van der Waals surface area contributed by atoms with Crippen LogP contribution < -0.4 is 16.4 Å². The van der Waals surface area contributed by atoms with Gasteiger partial charge in [0.05, 0.1) is 6.54 Å². The number of piperidine rings is 2. The van der Waals surface area contributed by atoms with Crippen molar-refractivity contribution >= 4 is 11.9 Å². The molecule has 0 radical (unpaired) electrons. The molecule has 3 heterocycles. The summed E-state index contributed by atoms with van der Waals surface area (Å²) in [4.78, 5) is 17.9. The summed E-state index contributed by atoms with van der Waals surface area (Å²) < 4.78 is 5.38. The molecule has 1 aromatic heterocycles. The van der Waals surface area contributed by atoms with E-state index in [-0.39, 0.29) is 5.76 Å². The summed E-state index contributed by atoms with van der Waals surface area (Å²) in [5, 5.41) is 6.78. The van der Waals surface area contributed by atoms with Crippen LogP contribution in [0.5, 0.6) is 0 Å². The molecule has 132 valence electrons. The van der Waals surface area contributed by atoms with Gasteiger partial charge in [-0.1, -0.05) is 6.42 Å². The van der Waals surface area contributed by atoms with Crippen molar-refractivity contribution in [3.05, 3.63) is 23.7 Å². The van der Waals surface area contributed by atoms with Gasteiger partial charge >= 0.3 is 0 Å². The van der Waals surface area contributed by atoms with E-state index >= 15 is 0 Å². The van der Waals surface area contributed by atoms with E-state index in [0.29, 0.717) is 30.4 Å². The van der Waals surface area contributed by atoms with Gasteiger partial charge in [-0.15, -0.1) is 0 Å². The first kappa shape index (κ1) is 16.8. The Bertz CT molecular complexity index is 598. The monoisotopic (exact) mass is 333 g/mol. The highest BCUT2D eigenvalue weighted by atomic mass is 16.3. The van der Waals surface area contributed by atoms with Crippen LogP contribution in [0.3, 0.4) is 0 Å². The van der Waals surface area contributed by atoms with Crippen molar-refractivity contribution in [3.8, 4) is 0 Å². The fraction of sp³-hybridized carbons (Fsp3) is 0.647. The van der Waals surface area contributed by atoms with Gasteiger partial charge in [0.25, 0.3) is 5.91 Å². The van der Waals surface area contributed by atoms with Gasteiger partial charge in [0.2, 0.25) is 0 Å². The molecule has 2 bridgehead atoms. The number of furan rings is 1. The Morgan fingerprint density at radius 2 is 2.08 bits per heavy atom. The van der Waals surface area contributed by atoms with E-state index in [1.54, 1.807) is 19.2 Å². The predicted molar refractivity (Wildman–Crippen MR) is 92.8 cm³/mol. The molecule has 3 rings (SSSR count). The quantitative estimate of drug-likeness (QED) is 0.565. The summed E-state index contributed by atoms with van der Waals surface area (Å²) in [6, 6.07) is 5.14. The third-order valence-corrected chi connectivity index (χ3v) is 5.24. The van der Waals surface area contributed by atoms with Gasteiger partial charge in [0.15, 0.2) is 11.7 Å². The Kier molecular flexibility index (Phi) is 5.08. The smallest absolute Gasteiger partial charge is 0.284 e. The van der Waals surface area contributed by atoms with E-state index in [1.807, 2.05) is 0 Å². The van der Waals surface area contributed by atoms with E-state index in [0.717, 1.165) is 18.8 Å². The van der Waals surface area contributed by atoms with Crippen molar-refractivity contribution in [1.29, 1.82) is 0 Å². The van der Waals surface area contributed by atoms with E-state index in [9.17, 15) is 4.79 Å². The number of carbonyl (C=O) groups is 1. The average molecular weight is 333 g/mol. The van der Waals surface area contributed by atoms with Crippen molar-refractivity contribution in [2.75, 3.05) is 14.1 Å². The molecule has 2 atom stereocenters. The van der Waals surface area contributed by atoms with Crippen LogP contribution in [-0.2, 0) is 6.54 Å². The number of nitrogens with two attached hydrogens (primary N) is 1. The van der Waals surface area contributed by atoms with Crippen LogP contribution in [0, 0.1) is 0 Å². The number of hydrogen-bond acceptors (Lipinski definition) is 4. The Morgan fingerprint density at radius 1 is 1.38 bits per heavy atom. The zero-order valence-electron chi connectivity index (χ0n) is 14.4. The van der Waals surface area contributed by atoms with Crippen LogP contribution in [0.25, 0.3) is 0 Å². The summed E-state index contributed by atoms with van der Waals surface area (Å²) in [6.07, 6.45) is 6.24. The number of fused-ring (bicyclic) bond motifs is 2. The van der Waals surface area contributed by atoms with Crippen molar-refractivity contribution in [2.45, 2.75) is 56.8 Å². The minimum Gasteiger partial charge on any atom is -0.454 e. The zero-order chi connectivity index (χ0) is 17.1. The minimum absolute atomic E-state index is 0.179. The third kappa shape index (κ3) is 3.72.